The summed E-state index contributed by atoms with van der Waals surface area (Å²) < 4.78 is 7.84. The topological polar surface area (TPSA) is 19.6 Å². The molecule has 0 amide bonds. The van der Waals surface area contributed by atoms with Crippen LogP contribution in [0.5, 0.6) is 0 Å². The lowest BCUT2D eigenvalue weighted by Gasteiger charge is -2.47. The SMILES string of the molecule is CC(C)(C)c1ccc(N2c3cc4c(cc3B3c5oc6cc7c(cc6c5N(c5ccc(C(C)(C)C)cc5-c5ccccc5)c5cc(C(C)(C)C)cc2c53)C2(C)CCC7(C)C2)C(C)(C)CCC4(C)C)c(-c2ccccc2)c1. The number of nitrogens with zero attached hydrogens (tertiary/aromatic N) is 2. The summed E-state index contributed by atoms with van der Waals surface area (Å²) in [5, 5.41) is 1.22. The van der Waals surface area contributed by atoms with Crippen molar-refractivity contribution in [1.82, 2.24) is 0 Å². The molecule has 13 rings (SSSR count). The van der Waals surface area contributed by atoms with Gasteiger partial charge >= 0.3 is 0 Å². The molecular formula is C71H77BN2O. The predicted molar refractivity (Wildman–Crippen MR) is 321 cm³/mol. The molecule has 0 N–H and O–H groups in total. The summed E-state index contributed by atoms with van der Waals surface area (Å²) >= 11 is 0. The van der Waals surface area contributed by atoms with Crippen molar-refractivity contribution in [2.24, 2.45) is 0 Å². The molecule has 3 aliphatic carbocycles. The van der Waals surface area contributed by atoms with Gasteiger partial charge < -0.3 is 14.2 Å². The largest absolute Gasteiger partial charge is 0.468 e. The molecule has 75 heavy (non-hydrogen) atoms. The van der Waals surface area contributed by atoms with E-state index in [1.54, 1.807) is 0 Å². The molecule has 3 heterocycles. The first-order valence-electron chi connectivity index (χ1n) is 28.2. The fourth-order valence-electron chi connectivity index (χ4n) is 14.7. The van der Waals surface area contributed by atoms with E-state index in [2.05, 4.69) is 247 Å². The Labute approximate surface area is 448 Å². The molecule has 1 saturated carbocycles. The summed E-state index contributed by atoms with van der Waals surface area (Å²) in [5.41, 5.74) is 26.8. The smallest absolute Gasteiger partial charge is 0.297 e. The Morgan fingerprint density at radius 3 is 1.44 bits per heavy atom. The van der Waals surface area contributed by atoms with E-state index in [0.717, 1.165) is 24.1 Å². The van der Waals surface area contributed by atoms with Gasteiger partial charge in [-0.3, -0.25) is 0 Å². The summed E-state index contributed by atoms with van der Waals surface area (Å²) in [5.74, 6) is 0. The molecule has 2 aliphatic heterocycles. The summed E-state index contributed by atoms with van der Waals surface area (Å²) in [6.45, 7) is 36.1. The molecule has 1 aromatic heterocycles. The number of furan rings is 1. The summed E-state index contributed by atoms with van der Waals surface area (Å²) in [4.78, 5) is 5.38. The molecule has 0 radical (unpaired) electrons. The van der Waals surface area contributed by atoms with Crippen LogP contribution < -0.4 is 26.4 Å². The van der Waals surface area contributed by atoms with E-state index in [1.165, 1.54) is 131 Å². The van der Waals surface area contributed by atoms with Gasteiger partial charge in [-0.1, -0.05) is 183 Å². The first kappa shape index (κ1) is 48.4. The molecule has 380 valence electrons. The zero-order valence-electron chi connectivity index (χ0n) is 47.6. The van der Waals surface area contributed by atoms with Crippen molar-refractivity contribution < 1.29 is 4.42 Å². The monoisotopic (exact) mass is 985 g/mol. The van der Waals surface area contributed by atoms with E-state index in [4.69, 9.17) is 4.42 Å². The molecule has 2 atom stereocenters. The van der Waals surface area contributed by atoms with Crippen LogP contribution in [-0.4, -0.2) is 6.71 Å². The minimum absolute atomic E-state index is 0.00429. The van der Waals surface area contributed by atoms with Gasteiger partial charge in [-0.25, -0.2) is 0 Å². The van der Waals surface area contributed by atoms with Crippen LogP contribution in [0.4, 0.5) is 34.1 Å². The molecule has 1 fully saturated rings. The molecule has 8 aromatic rings. The van der Waals surface area contributed by atoms with Crippen LogP contribution in [0.15, 0.2) is 138 Å². The molecular weight excluding hydrogens is 908 g/mol. The number of hydrogen-bond donors (Lipinski definition) is 0. The van der Waals surface area contributed by atoms with E-state index in [-0.39, 0.29) is 44.6 Å². The number of fused-ring (bicyclic) bond motifs is 12. The zero-order valence-corrected chi connectivity index (χ0v) is 47.6. The van der Waals surface area contributed by atoms with Crippen LogP contribution in [0, 0.1) is 0 Å². The van der Waals surface area contributed by atoms with Gasteiger partial charge in [-0.15, -0.1) is 0 Å². The quantitative estimate of drug-likeness (QED) is 0.164. The van der Waals surface area contributed by atoms with E-state index >= 15 is 0 Å². The summed E-state index contributed by atoms with van der Waals surface area (Å²) in [7, 11) is 0. The number of benzene rings is 7. The molecule has 5 aliphatic rings. The zero-order chi connectivity index (χ0) is 52.7. The molecule has 0 spiro atoms. The van der Waals surface area contributed by atoms with E-state index in [0.29, 0.717) is 0 Å². The Hall–Kier alpha value is -6.26. The second kappa shape index (κ2) is 15.7. The Bertz CT molecular complexity index is 3680. The van der Waals surface area contributed by atoms with Crippen molar-refractivity contribution in [3.8, 4) is 22.3 Å². The highest BCUT2D eigenvalue weighted by molar-refractivity contribution is 7.00. The van der Waals surface area contributed by atoms with Crippen molar-refractivity contribution in [2.75, 3.05) is 9.80 Å². The van der Waals surface area contributed by atoms with Gasteiger partial charge in [0, 0.05) is 33.6 Å². The van der Waals surface area contributed by atoms with Crippen molar-refractivity contribution in [3.05, 3.63) is 172 Å². The second-order valence-corrected chi connectivity index (χ2v) is 28.7. The van der Waals surface area contributed by atoms with Crippen molar-refractivity contribution in [1.29, 1.82) is 0 Å². The summed E-state index contributed by atoms with van der Waals surface area (Å²) in [6.07, 6.45) is 5.94. The van der Waals surface area contributed by atoms with Crippen molar-refractivity contribution >= 4 is 68.4 Å². The first-order valence-corrected chi connectivity index (χ1v) is 28.2. The number of rotatable bonds is 4. The third kappa shape index (κ3) is 7.19. The fourth-order valence-corrected chi connectivity index (χ4v) is 14.7. The third-order valence-corrected chi connectivity index (χ3v) is 19.3. The predicted octanol–water partition coefficient (Wildman–Crippen LogP) is 17.8. The lowest BCUT2D eigenvalue weighted by molar-refractivity contribution is 0.332. The van der Waals surface area contributed by atoms with Crippen LogP contribution >= 0.6 is 0 Å². The Balaban J connectivity index is 1.21. The lowest BCUT2D eigenvalue weighted by Crippen LogP contribution is -2.61. The lowest BCUT2D eigenvalue weighted by atomic mass is 9.35. The van der Waals surface area contributed by atoms with Gasteiger partial charge in [0.2, 0.25) is 0 Å². The van der Waals surface area contributed by atoms with Gasteiger partial charge in [-0.2, -0.15) is 0 Å². The van der Waals surface area contributed by atoms with Gasteiger partial charge in [0.25, 0.3) is 6.71 Å². The van der Waals surface area contributed by atoms with Gasteiger partial charge in [0.1, 0.15) is 5.58 Å². The van der Waals surface area contributed by atoms with E-state index < -0.39 is 0 Å². The molecule has 0 saturated heterocycles. The minimum atomic E-state index is -0.181. The van der Waals surface area contributed by atoms with E-state index in [9.17, 15) is 0 Å². The fraction of sp³-hybridized carbons (Fsp3) is 0.380. The number of anilines is 6. The number of hydrogen-bond acceptors (Lipinski definition) is 3. The minimum Gasteiger partial charge on any atom is -0.468 e. The van der Waals surface area contributed by atoms with Crippen LogP contribution in [0.3, 0.4) is 0 Å². The molecule has 7 aromatic carbocycles. The highest BCUT2D eigenvalue weighted by atomic mass is 16.3. The standard InChI is InChI=1S/C71H77BN2O/c1-65(2,3)45-26-28-56(48(34-45)43-22-18-16-19-23-43)73-58-40-52-51(68(10,11)30-31-69(52,12)13)39-55(58)72-62-59(73)36-47(67(7,8)9)37-60(62)74(57-29-27-46(66(4,5)6)35-49(57)44-24-20-17-21-25-44)63-50-38-53-54(41-61(50)75-64(63)72)71(15)33-32-70(53,14)42-71/h16-29,34-41H,30-33,42H2,1-15H3. The van der Waals surface area contributed by atoms with Crippen LogP contribution in [0.1, 0.15) is 175 Å². The Kier molecular flexibility index (Phi) is 10.1. The maximum Gasteiger partial charge on any atom is 0.297 e. The maximum atomic E-state index is 7.84. The van der Waals surface area contributed by atoms with Gasteiger partial charge in [0.15, 0.2) is 0 Å². The highest BCUT2D eigenvalue weighted by Crippen LogP contribution is 2.62. The normalized spacial score (nSPS) is 21.0. The molecule has 4 heteroatoms. The first-order chi connectivity index (χ1) is 35.3. The van der Waals surface area contributed by atoms with E-state index in [1.807, 2.05) is 0 Å². The maximum absolute atomic E-state index is 7.84. The van der Waals surface area contributed by atoms with Crippen LogP contribution in [0.2, 0.25) is 0 Å². The van der Waals surface area contributed by atoms with Crippen molar-refractivity contribution in [3.63, 3.8) is 0 Å². The third-order valence-electron chi connectivity index (χ3n) is 19.3. The van der Waals surface area contributed by atoms with Gasteiger partial charge in [0.05, 0.1) is 22.7 Å². The van der Waals surface area contributed by atoms with Crippen molar-refractivity contribution in [2.45, 2.75) is 174 Å². The van der Waals surface area contributed by atoms with Crippen LogP contribution in [0.25, 0.3) is 33.2 Å². The molecule has 2 bridgehead atoms. The average molecular weight is 985 g/mol. The highest BCUT2D eigenvalue weighted by Gasteiger charge is 2.55. The summed E-state index contributed by atoms with van der Waals surface area (Å²) in [6, 6.07) is 52.5. The molecule has 3 nitrogen and oxygen atoms in total. The average Bonchev–Trinajstić information content (AvgIpc) is 4.06. The molecule has 2 unspecified atom stereocenters. The second-order valence-electron chi connectivity index (χ2n) is 28.7. The van der Waals surface area contributed by atoms with Gasteiger partial charge in [-0.05, 0) is 186 Å². The van der Waals surface area contributed by atoms with Crippen LogP contribution in [-0.2, 0) is 37.9 Å². The Morgan fingerprint density at radius 1 is 0.440 bits per heavy atom. The Morgan fingerprint density at radius 2 is 0.920 bits per heavy atom.